The number of nitrogens with zero attached hydrogens (tertiary/aromatic N) is 1. The second kappa shape index (κ2) is 6.90. The predicted octanol–water partition coefficient (Wildman–Crippen LogP) is 2.61. The maximum atomic E-state index is 12.7. The fourth-order valence-corrected chi connectivity index (χ4v) is 4.00. The molecule has 0 spiro atoms. The second-order valence-electron chi connectivity index (χ2n) is 6.15. The molecule has 0 heterocycles. The van der Waals surface area contributed by atoms with E-state index in [9.17, 15) is 8.42 Å². The molecule has 1 saturated carbocycles. The van der Waals surface area contributed by atoms with Crippen molar-refractivity contribution in [3.8, 4) is 0 Å². The minimum atomic E-state index is -3.39. The summed E-state index contributed by atoms with van der Waals surface area (Å²) < 4.78 is 27.0. The summed E-state index contributed by atoms with van der Waals surface area (Å²) in [7, 11) is -3.39. The van der Waals surface area contributed by atoms with E-state index in [0.717, 1.165) is 12.1 Å². The highest BCUT2D eigenvalue weighted by molar-refractivity contribution is 7.89. The molecule has 1 aromatic rings. The van der Waals surface area contributed by atoms with Crippen LogP contribution in [0, 0.1) is 5.92 Å². The van der Waals surface area contributed by atoms with Gasteiger partial charge in [0.05, 0.1) is 4.90 Å². The summed E-state index contributed by atoms with van der Waals surface area (Å²) >= 11 is 0. The molecule has 1 fully saturated rings. The van der Waals surface area contributed by atoms with E-state index in [0.29, 0.717) is 29.9 Å². The lowest BCUT2D eigenvalue weighted by Gasteiger charge is -2.22. The largest absolute Gasteiger partial charge is 0.310 e. The van der Waals surface area contributed by atoms with Crippen molar-refractivity contribution in [2.45, 2.75) is 51.1 Å². The quantitative estimate of drug-likeness (QED) is 0.803. The first-order valence-electron chi connectivity index (χ1n) is 7.76. The molecule has 0 radical (unpaired) electrons. The van der Waals surface area contributed by atoms with Gasteiger partial charge in [-0.2, -0.15) is 4.31 Å². The van der Waals surface area contributed by atoms with Gasteiger partial charge >= 0.3 is 0 Å². The lowest BCUT2D eigenvalue weighted by molar-refractivity contribution is 0.381. The zero-order valence-electron chi connectivity index (χ0n) is 13.2. The molecule has 0 bridgehead atoms. The van der Waals surface area contributed by atoms with E-state index in [1.54, 1.807) is 16.4 Å². The molecular formula is C16H26N2O2S. The fourth-order valence-electron chi connectivity index (χ4n) is 2.32. The zero-order valence-corrected chi connectivity index (χ0v) is 14.0. The van der Waals surface area contributed by atoms with Crippen molar-refractivity contribution in [2.24, 2.45) is 5.92 Å². The highest BCUT2D eigenvalue weighted by Crippen LogP contribution is 2.21. The molecule has 0 aromatic heterocycles. The number of benzene rings is 1. The van der Waals surface area contributed by atoms with Gasteiger partial charge in [-0.05, 0) is 36.5 Å². The van der Waals surface area contributed by atoms with Crippen LogP contribution in [0.2, 0.25) is 0 Å². The van der Waals surface area contributed by atoms with Gasteiger partial charge in [0.2, 0.25) is 10.0 Å². The van der Waals surface area contributed by atoms with Gasteiger partial charge in [0, 0.05) is 25.7 Å². The van der Waals surface area contributed by atoms with Crippen molar-refractivity contribution in [3.63, 3.8) is 0 Å². The molecule has 2 rings (SSSR count). The molecule has 0 saturated heterocycles. The minimum absolute atomic E-state index is 0.319. The first-order valence-corrected chi connectivity index (χ1v) is 9.20. The van der Waals surface area contributed by atoms with E-state index >= 15 is 0 Å². The van der Waals surface area contributed by atoms with E-state index < -0.39 is 10.0 Å². The van der Waals surface area contributed by atoms with Crippen LogP contribution in [0.25, 0.3) is 0 Å². The van der Waals surface area contributed by atoms with Gasteiger partial charge in [0.15, 0.2) is 0 Å². The van der Waals surface area contributed by atoms with Gasteiger partial charge in [-0.25, -0.2) is 8.42 Å². The van der Waals surface area contributed by atoms with Gasteiger partial charge in [0.25, 0.3) is 0 Å². The van der Waals surface area contributed by atoms with Crippen LogP contribution in [0.1, 0.15) is 39.2 Å². The van der Waals surface area contributed by atoms with Crippen molar-refractivity contribution in [1.29, 1.82) is 0 Å². The Kier molecular flexibility index (Phi) is 5.41. The molecule has 0 amide bonds. The molecule has 118 valence electrons. The van der Waals surface area contributed by atoms with Crippen LogP contribution < -0.4 is 5.32 Å². The Morgan fingerprint density at radius 3 is 2.62 bits per heavy atom. The molecule has 0 atom stereocenters. The van der Waals surface area contributed by atoms with Crippen molar-refractivity contribution in [3.05, 3.63) is 29.8 Å². The van der Waals surface area contributed by atoms with Crippen LogP contribution in [0.5, 0.6) is 0 Å². The Balaban J connectivity index is 2.15. The molecule has 4 nitrogen and oxygen atoms in total. The summed E-state index contributed by atoms with van der Waals surface area (Å²) in [6.07, 6.45) is 2.46. The highest BCUT2D eigenvalue weighted by atomic mass is 32.2. The normalized spacial score (nSPS) is 15.9. The fraction of sp³-hybridized carbons (Fsp3) is 0.625. The third-order valence-electron chi connectivity index (χ3n) is 3.63. The van der Waals surface area contributed by atoms with E-state index in [1.165, 1.54) is 12.8 Å². The minimum Gasteiger partial charge on any atom is -0.310 e. The molecule has 0 aliphatic heterocycles. The third kappa shape index (κ3) is 4.53. The highest BCUT2D eigenvalue weighted by Gasteiger charge is 2.24. The molecule has 1 aliphatic carbocycles. The number of hydrogen-bond acceptors (Lipinski definition) is 3. The van der Waals surface area contributed by atoms with Crippen LogP contribution >= 0.6 is 0 Å². The van der Waals surface area contributed by atoms with Crippen molar-refractivity contribution < 1.29 is 8.42 Å². The van der Waals surface area contributed by atoms with E-state index in [4.69, 9.17) is 0 Å². The van der Waals surface area contributed by atoms with Crippen LogP contribution in [0.15, 0.2) is 29.2 Å². The van der Waals surface area contributed by atoms with Crippen LogP contribution in [-0.2, 0) is 16.6 Å². The third-order valence-corrected chi connectivity index (χ3v) is 5.57. The number of hydrogen-bond donors (Lipinski definition) is 1. The molecular weight excluding hydrogens is 284 g/mol. The van der Waals surface area contributed by atoms with Crippen LogP contribution in [0.4, 0.5) is 0 Å². The van der Waals surface area contributed by atoms with Gasteiger partial charge in [-0.15, -0.1) is 0 Å². The van der Waals surface area contributed by atoms with Crippen LogP contribution in [-0.4, -0.2) is 31.9 Å². The molecule has 21 heavy (non-hydrogen) atoms. The smallest absolute Gasteiger partial charge is 0.243 e. The lowest BCUT2D eigenvalue weighted by Crippen LogP contribution is -2.34. The summed E-state index contributed by atoms with van der Waals surface area (Å²) in [6, 6.07) is 7.93. The summed E-state index contributed by atoms with van der Waals surface area (Å²) in [6.45, 7) is 7.76. The van der Waals surface area contributed by atoms with E-state index in [2.05, 4.69) is 5.32 Å². The zero-order chi connectivity index (χ0) is 15.5. The molecule has 1 aliphatic rings. The number of sulfonamides is 1. The summed E-state index contributed by atoms with van der Waals surface area (Å²) in [5.74, 6) is 0.319. The van der Waals surface area contributed by atoms with Gasteiger partial charge in [-0.1, -0.05) is 32.9 Å². The molecule has 0 unspecified atom stereocenters. The molecule has 5 heteroatoms. The first-order chi connectivity index (χ1) is 9.93. The number of rotatable bonds is 8. The summed E-state index contributed by atoms with van der Waals surface area (Å²) in [5.41, 5.74) is 1.03. The van der Waals surface area contributed by atoms with Gasteiger partial charge in [-0.3, -0.25) is 0 Å². The Bertz CT molecular complexity index is 565. The Hall–Kier alpha value is -0.910. The van der Waals surface area contributed by atoms with Gasteiger partial charge < -0.3 is 5.32 Å². The maximum absolute atomic E-state index is 12.7. The average Bonchev–Trinajstić information content (AvgIpc) is 3.26. The SMILES string of the molecule is CCN(CC(C)C)S(=O)(=O)c1cccc(CNC2CC2)c1. The predicted molar refractivity (Wildman–Crippen MR) is 85.6 cm³/mol. The van der Waals surface area contributed by atoms with Crippen molar-refractivity contribution in [2.75, 3.05) is 13.1 Å². The van der Waals surface area contributed by atoms with Crippen molar-refractivity contribution >= 4 is 10.0 Å². The van der Waals surface area contributed by atoms with Crippen molar-refractivity contribution in [1.82, 2.24) is 9.62 Å². The Morgan fingerprint density at radius 2 is 2.05 bits per heavy atom. The Labute approximate surface area is 128 Å². The Morgan fingerprint density at radius 1 is 1.33 bits per heavy atom. The topological polar surface area (TPSA) is 49.4 Å². The van der Waals surface area contributed by atoms with Gasteiger partial charge in [0.1, 0.15) is 0 Å². The molecule has 1 N–H and O–H groups in total. The van der Waals surface area contributed by atoms with E-state index in [-0.39, 0.29) is 0 Å². The monoisotopic (exact) mass is 310 g/mol. The summed E-state index contributed by atoms with van der Waals surface area (Å²) in [4.78, 5) is 0.403. The summed E-state index contributed by atoms with van der Waals surface area (Å²) in [5, 5.41) is 3.42. The maximum Gasteiger partial charge on any atom is 0.243 e. The second-order valence-corrected chi connectivity index (χ2v) is 8.09. The number of nitrogens with one attached hydrogen (secondary N) is 1. The standard InChI is InChI=1S/C16H26N2O2S/c1-4-18(12-13(2)3)21(19,20)16-7-5-6-14(10-16)11-17-15-8-9-15/h5-7,10,13,15,17H,4,8-9,11-12H2,1-3H3. The first kappa shape index (κ1) is 16.5. The molecule has 1 aromatic carbocycles. The lowest BCUT2D eigenvalue weighted by atomic mass is 10.2. The average molecular weight is 310 g/mol. The van der Waals surface area contributed by atoms with Crippen LogP contribution in [0.3, 0.4) is 0 Å². The van der Waals surface area contributed by atoms with E-state index in [1.807, 2.05) is 32.9 Å².